The van der Waals surface area contributed by atoms with Gasteiger partial charge in [-0.3, -0.25) is 4.79 Å². The molecule has 0 aliphatic rings. The molecule has 92 valence electrons. The average molecular weight is 276 g/mol. The predicted molar refractivity (Wildman–Crippen MR) is 66.8 cm³/mol. The number of benzene rings is 1. The van der Waals surface area contributed by atoms with Gasteiger partial charge in [-0.1, -0.05) is 28.4 Å². The normalized spacial score (nSPS) is 11.4. The lowest BCUT2D eigenvalue weighted by molar-refractivity contribution is 0.0813. The summed E-state index contributed by atoms with van der Waals surface area (Å²) < 4.78 is 0. The summed E-state index contributed by atoms with van der Waals surface area (Å²) in [6.45, 7) is 0.0234. The minimum atomic E-state index is -0.296. The van der Waals surface area contributed by atoms with Crippen LogP contribution in [-0.4, -0.2) is 35.4 Å². The first-order valence-corrected chi connectivity index (χ1v) is 5.38. The van der Waals surface area contributed by atoms with Crippen LogP contribution in [0.4, 0.5) is 0 Å². The summed E-state index contributed by atoms with van der Waals surface area (Å²) in [5.41, 5.74) is 5.68. The fraction of sp³-hybridized carbons (Fsp3) is 0.200. The monoisotopic (exact) mass is 275 g/mol. The molecule has 0 fully saturated rings. The van der Waals surface area contributed by atoms with Crippen LogP contribution in [0.2, 0.25) is 10.0 Å². The Balaban J connectivity index is 2.85. The van der Waals surface area contributed by atoms with Crippen LogP contribution in [0.3, 0.4) is 0 Å². The van der Waals surface area contributed by atoms with Gasteiger partial charge in [0.15, 0.2) is 5.84 Å². The first kappa shape index (κ1) is 13.6. The van der Waals surface area contributed by atoms with E-state index in [-0.39, 0.29) is 18.3 Å². The van der Waals surface area contributed by atoms with Gasteiger partial charge in [0.25, 0.3) is 5.91 Å². The number of nitrogens with two attached hydrogens (primary N) is 1. The zero-order valence-corrected chi connectivity index (χ0v) is 10.5. The van der Waals surface area contributed by atoms with Crippen molar-refractivity contribution in [1.82, 2.24) is 4.90 Å². The fourth-order valence-corrected chi connectivity index (χ4v) is 1.49. The molecule has 0 heterocycles. The van der Waals surface area contributed by atoms with Crippen LogP contribution in [0.25, 0.3) is 0 Å². The second kappa shape index (κ2) is 5.75. The molecule has 0 unspecified atom stereocenters. The molecule has 1 rings (SSSR count). The largest absolute Gasteiger partial charge is 0.409 e. The fourth-order valence-electron chi connectivity index (χ4n) is 1.20. The van der Waals surface area contributed by atoms with Crippen LogP contribution in [0, 0.1) is 0 Å². The number of oxime groups is 1. The Kier molecular flexibility index (Phi) is 4.60. The summed E-state index contributed by atoms with van der Waals surface area (Å²) in [5.74, 6) is -0.351. The Labute approximate surface area is 108 Å². The standard InChI is InChI=1S/C10H11Cl2N3O2/c1-15(5-9(13)14-17)10(16)6-2-3-7(11)8(12)4-6/h2-4,17H,5H2,1H3,(H2,13,14). The van der Waals surface area contributed by atoms with Gasteiger partial charge < -0.3 is 15.8 Å². The number of rotatable bonds is 3. The summed E-state index contributed by atoms with van der Waals surface area (Å²) in [7, 11) is 1.53. The lowest BCUT2D eigenvalue weighted by atomic mass is 10.2. The van der Waals surface area contributed by atoms with Crippen molar-refractivity contribution in [2.75, 3.05) is 13.6 Å². The lowest BCUT2D eigenvalue weighted by Gasteiger charge is -2.16. The quantitative estimate of drug-likeness (QED) is 0.382. The maximum atomic E-state index is 11.9. The van der Waals surface area contributed by atoms with Crippen molar-refractivity contribution in [3.05, 3.63) is 33.8 Å². The Morgan fingerprint density at radius 1 is 1.47 bits per heavy atom. The summed E-state index contributed by atoms with van der Waals surface area (Å²) >= 11 is 11.5. The van der Waals surface area contributed by atoms with Crippen molar-refractivity contribution in [1.29, 1.82) is 0 Å². The molecule has 5 nitrogen and oxygen atoms in total. The maximum absolute atomic E-state index is 11.9. The van der Waals surface area contributed by atoms with Crippen molar-refractivity contribution >= 4 is 34.9 Å². The van der Waals surface area contributed by atoms with E-state index in [4.69, 9.17) is 34.1 Å². The molecule has 7 heteroatoms. The number of halogens is 2. The summed E-state index contributed by atoms with van der Waals surface area (Å²) in [6.07, 6.45) is 0. The molecule has 0 aliphatic carbocycles. The SMILES string of the molecule is CN(CC(N)=NO)C(=O)c1ccc(Cl)c(Cl)c1. The van der Waals surface area contributed by atoms with E-state index in [1.165, 1.54) is 24.1 Å². The molecule has 0 aliphatic heterocycles. The van der Waals surface area contributed by atoms with Crippen molar-refractivity contribution < 1.29 is 10.0 Å². The van der Waals surface area contributed by atoms with Gasteiger partial charge in [0, 0.05) is 12.6 Å². The highest BCUT2D eigenvalue weighted by Gasteiger charge is 2.14. The molecule has 0 aromatic heterocycles. The van der Waals surface area contributed by atoms with Crippen LogP contribution >= 0.6 is 23.2 Å². The molecule has 1 aromatic rings. The first-order valence-electron chi connectivity index (χ1n) is 4.62. The Morgan fingerprint density at radius 2 is 2.12 bits per heavy atom. The van der Waals surface area contributed by atoms with E-state index in [1.54, 1.807) is 6.07 Å². The number of carbonyl (C=O) groups is 1. The van der Waals surface area contributed by atoms with Crippen molar-refractivity contribution in [2.24, 2.45) is 10.9 Å². The van der Waals surface area contributed by atoms with E-state index in [9.17, 15) is 4.79 Å². The zero-order chi connectivity index (χ0) is 13.0. The second-order valence-corrected chi connectivity index (χ2v) is 4.20. The number of amides is 1. The first-order chi connectivity index (χ1) is 7.95. The number of nitrogens with zero attached hydrogens (tertiary/aromatic N) is 2. The predicted octanol–water partition coefficient (Wildman–Crippen LogP) is 1.81. The average Bonchev–Trinajstić information content (AvgIpc) is 2.31. The van der Waals surface area contributed by atoms with Crippen LogP contribution in [0.5, 0.6) is 0 Å². The summed E-state index contributed by atoms with van der Waals surface area (Å²) in [4.78, 5) is 13.2. The highest BCUT2D eigenvalue weighted by Crippen LogP contribution is 2.23. The molecule has 1 aromatic carbocycles. The minimum Gasteiger partial charge on any atom is -0.409 e. The highest BCUT2D eigenvalue weighted by atomic mass is 35.5. The molecule has 0 bridgehead atoms. The van der Waals surface area contributed by atoms with Crippen molar-refractivity contribution in [2.45, 2.75) is 0 Å². The molecular weight excluding hydrogens is 265 g/mol. The molecule has 3 N–H and O–H groups in total. The lowest BCUT2D eigenvalue weighted by Crippen LogP contribution is -2.35. The van der Waals surface area contributed by atoms with Crippen LogP contribution < -0.4 is 5.73 Å². The third kappa shape index (κ3) is 3.51. The zero-order valence-electron chi connectivity index (χ0n) is 9.02. The van der Waals surface area contributed by atoms with Gasteiger partial charge >= 0.3 is 0 Å². The van der Waals surface area contributed by atoms with Gasteiger partial charge in [0.05, 0.1) is 16.6 Å². The van der Waals surface area contributed by atoms with Crippen LogP contribution in [-0.2, 0) is 0 Å². The number of hydrogen-bond donors (Lipinski definition) is 2. The summed E-state index contributed by atoms with van der Waals surface area (Å²) in [5, 5.41) is 11.9. The number of amidine groups is 1. The second-order valence-electron chi connectivity index (χ2n) is 3.38. The molecule has 0 atom stereocenters. The minimum absolute atomic E-state index is 0.0234. The van der Waals surface area contributed by atoms with Crippen molar-refractivity contribution in [3.63, 3.8) is 0 Å². The van der Waals surface area contributed by atoms with E-state index >= 15 is 0 Å². The maximum Gasteiger partial charge on any atom is 0.254 e. The smallest absolute Gasteiger partial charge is 0.254 e. The molecule has 0 saturated carbocycles. The van der Waals surface area contributed by atoms with Gasteiger partial charge in [-0.05, 0) is 18.2 Å². The summed E-state index contributed by atoms with van der Waals surface area (Å²) in [6, 6.07) is 4.56. The van der Waals surface area contributed by atoms with Gasteiger partial charge in [0.2, 0.25) is 0 Å². The number of hydrogen-bond acceptors (Lipinski definition) is 3. The molecular formula is C10H11Cl2N3O2. The van der Waals surface area contributed by atoms with Crippen molar-refractivity contribution in [3.8, 4) is 0 Å². The Hall–Kier alpha value is -1.46. The van der Waals surface area contributed by atoms with E-state index < -0.39 is 0 Å². The third-order valence-electron chi connectivity index (χ3n) is 2.04. The van der Waals surface area contributed by atoms with Gasteiger partial charge in [-0.25, -0.2) is 0 Å². The van der Waals surface area contributed by atoms with Gasteiger partial charge in [0.1, 0.15) is 0 Å². The van der Waals surface area contributed by atoms with Crippen LogP contribution in [0.1, 0.15) is 10.4 Å². The Bertz CT molecular complexity index is 463. The van der Waals surface area contributed by atoms with E-state index in [1.807, 2.05) is 0 Å². The topological polar surface area (TPSA) is 78.9 Å². The van der Waals surface area contributed by atoms with E-state index in [0.717, 1.165) is 0 Å². The molecule has 1 amide bonds. The van der Waals surface area contributed by atoms with Crippen LogP contribution in [0.15, 0.2) is 23.4 Å². The molecule has 0 spiro atoms. The van der Waals surface area contributed by atoms with Gasteiger partial charge in [-0.2, -0.15) is 0 Å². The molecule has 0 saturated heterocycles. The Morgan fingerprint density at radius 3 is 2.65 bits per heavy atom. The van der Waals surface area contributed by atoms with E-state index in [2.05, 4.69) is 5.16 Å². The highest BCUT2D eigenvalue weighted by molar-refractivity contribution is 6.42. The van der Waals surface area contributed by atoms with Gasteiger partial charge in [-0.15, -0.1) is 0 Å². The third-order valence-corrected chi connectivity index (χ3v) is 2.78. The molecule has 17 heavy (non-hydrogen) atoms. The number of likely N-dealkylation sites (N-methyl/N-ethyl adjacent to an activating group) is 1. The molecule has 0 radical (unpaired) electrons. The number of carbonyl (C=O) groups excluding carboxylic acids is 1. The van der Waals surface area contributed by atoms with E-state index in [0.29, 0.717) is 15.6 Å².